The number of phenols is 1. The van der Waals surface area contributed by atoms with Gasteiger partial charge in [0.25, 0.3) is 10.1 Å². The van der Waals surface area contributed by atoms with Crippen LogP contribution in [0.15, 0.2) is 65.6 Å². The molecule has 2 N–H and O–H groups in total. The van der Waals surface area contributed by atoms with Crippen molar-refractivity contribution in [1.29, 1.82) is 0 Å². The molecule has 0 spiro atoms. The number of rotatable bonds is 1. The molecule has 5 heteroatoms. The largest absolute Gasteiger partial charge is 0.506 e. The van der Waals surface area contributed by atoms with Gasteiger partial charge in [0.2, 0.25) is 0 Å². The molecular formula is C12H12O4S. The molecule has 90 valence electrons. The standard InChI is InChI=1S/C6H6O4S.C6H6/c7-5-3-1-2-4-6(5)11(8,9)10;1-2-4-6-5-3-1/h1-4,7H,(H,8,9,10);1-6H. The first kappa shape index (κ1) is 13.2. The first-order valence-electron chi connectivity index (χ1n) is 4.77. The zero-order valence-electron chi connectivity index (χ0n) is 8.89. The molecule has 0 heterocycles. The van der Waals surface area contributed by atoms with Gasteiger partial charge in [-0.2, -0.15) is 8.42 Å². The lowest BCUT2D eigenvalue weighted by Crippen LogP contribution is -1.97. The summed E-state index contributed by atoms with van der Waals surface area (Å²) in [6, 6.07) is 17.2. The molecule has 0 aliphatic heterocycles. The maximum absolute atomic E-state index is 10.4. The van der Waals surface area contributed by atoms with Gasteiger partial charge in [-0.3, -0.25) is 4.55 Å². The average molecular weight is 252 g/mol. The van der Waals surface area contributed by atoms with E-state index in [2.05, 4.69) is 0 Å². The number of phenolic OH excluding ortho intramolecular Hbond substituents is 1. The van der Waals surface area contributed by atoms with Gasteiger partial charge in [0.05, 0.1) is 0 Å². The Morgan fingerprint density at radius 2 is 1.18 bits per heavy atom. The van der Waals surface area contributed by atoms with E-state index in [1.54, 1.807) is 0 Å². The van der Waals surface area contributed by atoms with E-state index in [-0.39, 0.29) is 0 Å². The van der Waals surface area contributed by atoms with Crippen molar-refractivity contribution in [3.63, 3.8) is 0 Å². The minimum atomic E-state index is -4.28. The summed E-state index contributed by atoms with van der Waals surface area (Å²) in [6.07, 6.45) is 0. The average Bonchev–Trinajstić information content (AvgIpc) is 2.31. The molecule has 0 radical (unpaired) electrons. The summed E-state index contributed by atoms with van der Waals surface area (Å²) < 4.78 is 29.4. The zero-order chi connectivity index (χ0) is 12.7. The van der Waals surface area contributed by atoms with Crippen LogP contribution in [0.1, 0.15) is 0 Å². The predicted molar refractivity (Wildman–Crippen MR) is 64.4 cm³/mol. The third kappa shape index (κ3) is 4.67. The van der Waals surface area contributed by atoms with Crippen molar-refractivity contribution < 1.29 is 18.1 Å². The minimum absolute atomic E-state index is 0.449. The van der Waals surface area contributed by atoms with Crippen LogP contribution in [0.3, 0.4) is 0 Å². The summed E-state index contributed by atoms with van der Waals surface area (Å²) in [5, 5.41) is 8.91. The summed E-state index contributed by atoms with van der Waals surface area (Å²) in [4.78, 5) is -0.472. The summed E-state index contributed by atoms with van der Waals surface area (Å²) in [7, 11) is -4.28. The molecule has 2 aromatic carbocycles. The summed E-state index contributed by atoms with van der Waals surface area (Å²) in [6.45, 7) is 0. The lowest BCUT2D eigenvalue weighted by atomic mass is 10.3. The van der Waals surface area contributed by atoms with Crippen LogP contribution in [0, 0.1) is 0 Å². The van der Waals surface area contributed by atoms with Crippen molar-refractivity contribution in [2.75, 3.05) is 0 Å². The van der Waals surface area contributed by atoms with Crippen LogP contribution in [0.5, 0.6) is 5.75 Å². The van der Waals surface area contributed by atoms with Gasteiger partial charge in [-0.25, -0.2) is 0 Å². The van der Waals surface area contributed by atoms with Gasteiger partial charge in [-0.15, -0.1) is 0 Å². The molecule has 2 aromatic rings. The first-order chi connectivity index (χ1) is 8.02. The first-order valence-corrected chi connectivity index (χ1v) is 6.21. The van der Waals surface area contributed by atoms with E-state index in [4.69, 9.17) is 9.66 Å². The van der Waals surface area contributed by atoms with E-state index in [0.29, 0.717) is 0 Å². The van der Waals surface area contributed by atoms with Gasteiger partial charge in [0, 0.05) is 0 Å². The van der Waals surface area contributed by atoms with Gasteiger partial charge in [-0.05, 0) is 12.1 Å². The van der Waals surface area contributed by atoms with Gasteiger partial charge >= 0.3 is 0 Å². The topological polar surface area (TPSA) is 74.6 Å². The van der Waals surface area contributed by atoms with Crippen LogP contribution >= 0.6 is 0 Å². The summed E-state index contributed by atoms with van der Waals surface area (Å²) in [5.41, 5.74) is 0. The number of hydrogen-bond donors (Lipinski definition) is 2. The SMILES string of the molecule is O=S(=O)(O)c1ccccc1O.c1ccccc1. The third-order valence-electron chi connectivity index (χ3n) is 1.81. The molecule has 4 nitrogen and oxygen atoms in total. The molecule has 17 heavy (non-hydrogen) atoms. The monoisotopic (exact) mass is 252 g/mol. The lowest BCUT2D eigenvalue weighted by Gasteiger charge is -1.97. The third-order valence-corrected chi connectivity index (χ3v) is 2.71. The Morgan fingerprint density at radius 3 is 1.47 bits per heavy atom. The van der Waals surface area contributed by atoms with Crippen molar-refractivity contribution >= 4 is 10.1 Å². The number of aromatic hydroxyl groups is 1. The Balaban J connectivity index is 0.000000202. The molecule has 0 saturated carbocycles. The van der Waals surface area contributed by atoms with Crippen LogP contribution < -0.4 is 0 Å². The van der Waals surface area contributed by atoms with E-state index in [0.717, 1.165) is 6.07 Å². The van der Waals surface area contributed by atoms with E-state index in [1.807, 2.05) is 36.4 Å². The quantitative estimate of drug-likeness (QED) is 0.764. The minimum Gasteiger partial charge on any atom is -0.506 e. The number of para-hydroxylation sites is 1. The highest BCUT2D eigenvalue weighted by Crippen LogP contribution is 2.20. The highest BCUT2D eigenvalue weighted by Gasteiger charge is 2.12. The molecule has 0 aliphatic carbocycles. The molecule has 0 amide bonds. The Hall–Kier alpha value is -1.85. The van der Waals surface area contributed by atoms with Gasteiger partial charge < -0.3 is 5.11 Å². The molecule has 2 rings (SSSR count). The fraction of sp³-hybridized carbons (Fsp3) is 0. The normalized spacial score (nSPS) is 10.2. The van der Waals surface area contributed by atoms with Crippen LogP contribution in [0.2, 0.25) is 0 Å². The Labute approximate surface area is 99.9 Å². The fourth-order valence-electron chi connectivity index (χ4n) is 1.06. The van der Waals surface area contributed by atoms with Crippen LogP contribution in [-0.2, 0) is 10.1 Å². The number of benzene rings is 2. The summed E-state index contributed by atoms with van der Waals surface area (Å²) in [5.74, 6) is -0.449. The Bertz CT molecular complexity index is 523. The second-order valence-corrected chi connectivity index (χ2v) is 4.49. The molecule has 0 fully saturated rings. The van der Waals surface area contributed by atoms with E-state index in [1.165, 1.54) is 18.2 Å². The molecular weight excluding hydrogens is 240 g/mol. The van der Waals surface area contributed by atoms with Crippen molar-refractivity contribution in [3.05, 3.63) is 60.7 Å². The van der Waals surface area contributed by atoms with Crippen molar-refractivity contribution in [3.8, 4) is 5.75 Å². The number of hydrogen-bond acceptors (Lipinski definition) is 3. The van der Waals surface area contributed by atoms with Crippen molar-refractivity contribution in [1.82, 2.24) is 0 Å². The summed E-state index contributed by atoms with van der Waals surface area (Å²) >= 11 is 0. The molecule has 0 aromatic heterocycles. The van der Waals surface area contributed by atoms with Crippen LogP contribution in [-0.4, -0.2) is 18.1 Å². The van der Waals surface area contributed by atoms with E-state index < -0.39 is 20.8 Å². The second-order valence-electron chi connectivity index (χ2n) is 3.10. The molecule has 0 aliphatic rings. The molecule has 0 bridgehead atoms. The highest BCUT2D eigenvalue weighted by molar-refractivity contribution is 7.86. The van der Waals surface area contributed by atoms with Crippen molar-refractivity contribution in [2.45, 2.75) is 4.90 Å². The molecule has 0 atom stereocenters. The van der Waals surface area contributed by atoms with Gasteiger partial charge in [0.15, 0.2) is 0 Å². The maximum atomic E-state index is 10.4. The second kappa shape index (κ2) is 6.03. The highest BCUT2D eigenvalue weighted by atomic mass is 32.2. The van der Waals surface area contributed by atoms with Gasteiger partial charge in [-0.1, -0.05) is 48.5 Å². The van der Waals surface area contributed by atoms with Gasteiger partial charge in [0.1, 0.15) is 10.6 Å². The zero-order valence-corrected chi connectivity index (χ0v) is 9.71. The predicted octanol–water partition coefficient (Wildman–Crippen LogP) is 2.33. The fourth-order valence-corrected chi connectivity index (χ4v) is 1.64. The van der Waals surface area contributed by atoms with Crippen LogP contribution in [0.25, 0.3) is 0 Å². The molecule has 0 saturated heterocycles. The lowest BCUT2D eigenvalue weighted by molar-refractivity contribution is 0.443. The van der Waals surface area contributed by atoms with E-state index >= 15 is 0 Å². The van der Waals surface area contributed by atoms with Crippen LogP contribution in [0.4, 0.5) is 0 Å². The Kier molecular flexibility index (Phi) is 4.68. The van der Waals surface area contributed by atoms with Crippen molar-refractivity contribution in [2.24, 2.45) is 0 Å². The molecule has 0 unspecified atom stereocenters. The van der Waals surface area contributed by atoms with E-state index in [9.17, 15) is 8.42 Å². The Morgan fingerprint density at radius 1 is 0.765 bits per heavy atom. The maximum Gasteiger partial charge on any atom is 0.298 e. The smallest absolute Gasteiger partial charge is 0.298 e.